The molecule has 0 aromatic heterocycles. The maximum Gasteiger partial charge on any atom is 0.235 e. The van der Waals surface area contributed by atoms with Gasteiger partial charge in [-0.3, -0.25) is 0 Å². The van der Waals surface area contributed by atoms with E-state index in [1.165, 1.54) is 0 Å². The van der Waals surface area contributed by atoms with Gasteiger partial charge in [-0.05, 0) is 19.8 Å². The number of ether oxygens (including phenoxy) is 1. The molecule has 56 valence electrons. The van der Waals surface area contributed by atoms with E-state index >= 15 is 0 Å². The molecule has 0 radical (unpaired) electrons. The molecule has 0 aromatic carbocycles. The van der Waals surface area contributed by atoms with E-state index in [2.05, 4.69) is 4.99 Å². The smallest absolute Gasteiger partial charge is 0.235 e. The van der Waals surface area contributed by atoms with Crippen LogP contribution in [-0.2, 0) is 9.53 Å². The third kappa shape index (κ3) is 1.94. The maximum absolute atomic E-state index is 9.85. The first kappa shape index (κ1) is 7.45. The summed E-state index contributed by atoms with van der Waals surface area (Å²) in [5, 5.41) is 0. The molecule has 0 bridgehead atoms. The Morgan fingerprint density at radius 1 is 1.70 bits per heavy atom. The van der Waals surface area contributed by atoms with Crippen molar-refractivity contribution in [2.45, 2.75) is 31.9 Å². The third-order valence-corrected chi connectivity index (χ3v) is 1.69. The van der Waals surface area contributed by atoms with Crippen LogP contribution in [-0.4, -0.2) is 24.8 Å². The van der Waals surface area contributed by atoms with Gasteiger partial charge in [0, 0.05) is 6.61 Å². The molecule has 0 amide bonds. The molecule has 0 aromatic rings. The summed E-state index contributed by atoms with van der Waals surface area (Å²) >= 11 is 0. The van der Waals surface area contributed by atoms with Crippen LogP contribution in [0.1, 0.15) is 19.8 Å². The van der Waals surface area contributed by atoms with Crippen LogP contribution in [0.2, 0.25) is 0 Å². The molecule has 0 N–H and O–H groups in total. The largest absolute Gasteiger partial charge is 0.378 e. The molecule has 0 spiro atoms. The van der Waals surface area contributed by atoms with Crippen molar-refractivity contribution in [2.75, 3.05) is 6.61 Å². The van der Waals surface area contributed by atoms with Crippen LogP contribution in [0, 0.1) is 0 Å². The monoisotopic (exact) mass is 141 g/mol. The number of isocyanates is 1. The van der Waals surface area contributed by atoms with Crippen molar-refractivity contribution in [1.29, 1.82) is 0 Å². The van der Waals surface area contributed by atoms with Gasteiger partial charge in [-0.25, -0.2) is 9.79 Å². The second-order valence-corrected chi connectivity index (χ2v) is 2.58. The zero-order valence-electron chi connectivity index (χ0n) is 6.04. The molecule has 1 rings (SSSR count). The Balaban J connectivity index is 2.39. The van der Waals surface area contributed by atoms with E-state index < -0.39 is 0 Å². The average molecular weight is 141 g/mol. The Bertz CT molecular complexity index is 152. The molecular formula is C7H11NO2. The molecule has 10 heavy (non-hydrogen) atoms. The second-order valence-electron chi connectivity index (χ2n) is 2.58. The summed E-state index contributed by atoms with van der Waals surface area (Å²) in [7, 11) is 0. The standard InChI is InChI=1S/C7H11NO2/c1-6-4-7(8-5-9)2-3-10-6/h6-7H,2-4H2,1H3. The molecular weight excluding hydrogens is 130 g/mol. The van der Waals surface area contributed by atoms with Crippen molar-refractivity contribution in [2.24, 2.45) is 4.99 Å². The highest BCUT2D eigenvalue weighted by atomic mass is 16.5. The lowest BCUT2D eigenvalue weighted by atomic mass is 10.1. The zero-order valence-corrected chi connectivity index (χ0v) is 6.04. The molecule has 1 heterocycles. The van der Waals surface area contributed by atoms with Crippen molar-refractivity contribution in [1.82, 2.24) is 0 Å². The van der Waals surface area contributed by atoms with E-state index in [4.69, 9.17) is 4.74 Å². The summed E-state index contributed by atoms with van der Waals surface area (Å²) in [6.07, 6.45) is 3.54. The first-order valence-electron chi connectivity index (χ1n) is 3.51. The first-order chi connectivity index (χ1) is 4.83. The molecule has 1 aliphatic heterocycles. The number of hydrogen-bond acceptors (Lipinski definition) is 3. The van der Waals surface area contributed by atoms with Gasteiger partial charge in [0.05, 0.1) is 12.1 Å². The molecule has 0 aliphatic carbocycles. The molecule has 1 saturated heterocycles. The van der Waals surface area contributed by atoms with E-state index in [-0.39, 0.29) is 12.1 Å². The fourth-order valence-electron chi connectivity index (χ4n) is 1.17. The van der Waals surface area contributed by atoms with Gasteiger partial charge in [0.15, 0.2) is 0 Å². The highest BCUT2D eigenvalue weighted by Crippen LogP contribution is 2.15. The number of hydrogen-bond donors (Lipinski definition) is 0. The molecule has 2 atom stereocenters. The highest BCUT2D eigenvalue weighted by molar-refractivity contribution is 5.33. The van der Waals surface area contributed by atoms with Crippen LogP contribution >= 0.6 is 0 Å². The van der Waals surface area contributed by atoms with Crippen molar-refractivity contribution in [3.63, 3.8) is 0 Å². The Labute approximate surface area is 60.1 Å². The van der Waals surface area contributed by atoms with Crippen molar-refractivity contribution in [3.8, 4) is 0 Å². The normalized spacial score (nSPS) is 32.9. The summed E-state index contributed by atoms with van der Waals surface area (Å²) in [5.41, 5.74) is 0. The molecule has 1 fully saturated rings. The predicted octanol–water partition coefficient (Wildman–Crippen LogP) is 0.890. The van der Waals surface area contributed by atoms with Gasteiger partial charge < -0.3 is 4.74 Å². The van der Waals surface area contributed by atoms with Gasteiger partial charge >= 0.3 is 0 Å². The predicted molar refractivity (Wildman–Crippen MR) is 36.6 cm³/mol. The van der Waals surface area contributed by atoms with E-state index in [0.29, 0.717) is 0 Å². The second kappa shape index (κ2) is 3.49. The number of aliphatic imine (C=N–C) groups is 1. The summed E-state index contributed by atoms with van der Waals surface area (Å²) < 4.78 is 5.26. The van der Waals surface area contributed by atoms with Crippen molar-refractivity contribution < 1.29 is 9.53 Å². The van der Waals surface area contributed by atoms with E-state index in [9.17, 15) is 4.79 Å². The summed E-state index contributed by atoms with van der Waals surface area (Å²) in [6, 6.07) is 0.154. The van der Waals surface area contributed by atoms with E-state index in [1.54, 1.807) is 6.08 Å². The fraction of sp³-hybridized carbons (Fsp3) is 0.857. The quantitative estimate of drug-likeness (QED) is 0.402. The number of rotatable bonds is 1. The third-order valence-electron chi connectivity index (χ3n) is 1.69. The minimum atomic E-state index is 0.154. The first-order valence-corrected chi connectivity index (χ1v) is 3.51. The fourth-order valence-corrected chi connectivity index (χ4v) is 1.17. The van der Waals surface area contributed by atoms with Gasteiger partial charge in [0.25, 0.3) is 0 Å². The summed E-state index contributed by atoms with van der Waals surface area (Å²) in [6.45, 7) is 2.71. The Morgan fingerprint density at radius 3 is 3.10 bits per heavy atom. The van der Waals surface area contributed by atoms with E-state index in [0.717, 1.165) is 19.4 Å². The molecule has 0 saturated carbocycles. The molecule has 3 heteroatoms. The lowest BCUT2D eigenvalue weighted by molar-refractivity contribution is 0.0204. The molecule has 3 nitrogen and oxygen atoms in total. The summed E-state index contributed by atoms with van der Waals surface area (Å²) in [4.78, 5) is 13.5. The highest BCUT2D eigenvalue weighted by Gasteiger charge is 2.17. The Morgan fingerprint density at radius 2 is 2.50 bits per heavy atom. The van der Waals surface area contributed by atoms with Gasteiger partial charge in [-0.15, -0.1) is 0 Å². The minimum Gasteiger partial charge on any atom is -0.378 e. The maximum atomic E-state index is 9.85. The Hall–Kier alpha value is -0.660. The van der Waals surface area contributed by atoms with Crippen molar-refractivity contribution >= 4 is 6.08 Å². The van der Waals surface area contributed by atoms with Crippen molar-refractivity contribution in [3.05, 3.63) is 0 Å². The average Bonchev–Trinajstić information content (AvgIpc) is 1.88. The van der Waals surface area contributed by atoms with Crippen LogP contribution in [0.25, 0.3) is 0 Å². The number of carbonyl (C=O) groups excluding carboxylic acids is 1. The lowest BCUT2D eigenvalue weighted by Crippen LogP contribution is -2.25. The van der Waals surface area contributed by atoms with Crippen LogP contribution in [0.3, 0.4) is 0 Å². The number of nitrogens with zero attached hydrogens (tertiary/aromatic N) is 1. The minimum absolute atomic E-state index is 0.154. The molecule has 1 aliphatic rings. The van der Waals surface area contributed by atoms with Crippen LogP contribution in [0.5, 0.6) is 0 Å². The van der Waals surface area contributed by atoms with E-state index in [1.807, 2.05) is 6.92 Å². The van der Waals surface area contributed by atoms with Gasteiger partial charge in [0.1, 0.15) is 0 Å². The SMILES string of the molecule is CC1CC(N=C=O)CCO1. The van der Waals surface area contributed by atoms with Gasteiger partial charge in [-0.1, -0.05) is 0 Å². The summed E-state index contributed by atoms with van der Waals surface area (Å²) in [5.74, 6) is 0. The van der Waals surface area contributed by atoms with Gasteiger partial charge in [0.2, 0.25) is 6.08 Å². The van der Waals surface area contributed by atoms with Crippen LogP contribution in [0.15, 0.2) is 4.99 Å². The van der Waals surface area contributed by atoms with Crippen LogP contribution in [0.4, 0.5) is 0 Å². The molecule has 2 unspecified atom stereocenters. The Kier molecular flexibility index (Phi) is 2.60. The van der Waals surface area contributed by atoms with Gasteiger partial charge in [-0.2, -0.15) is 0 Å². The topological polar surface area (TPSA) is 38.7 Å². The zero-order chi connectivity index (χ0) is 7.40. The van der Waals surface area contributed by atoms with Crippen LogP contribution < -0.4 is 0 Å². The lowest BCUT2D eigenvalue weighted by Gasteiger charge is -2.22.